The zero-order valence-corrected chi connectivity index (χ0v) is 8.93. The van der Waals surface area contributed by atoms with Crippen LogP contribution in [-0.4, -0.2) is 29.4 Å². The van der Waals surface area contributed by atoms with Crippen molar-refractivity contribution in [2.24, 2.45) is 0 Å². The molecule has 1 N–H and O–H groups in total. The van der Waals surface area contributed by atoms with Crippen LogP contribution in [0.15, 0.2) is 18.7 Å². The minimum atomic E-state index is -0.741. The number of methoxy groups -OCH3 is 1. The van der Waals surface area contributed by atoms with E-state index < -0.39 is 5.97 Å². The molecule has 0 aliphatic heterocycles. The second kappa shape index (κ2) is 6.19. The predicted molar refractivity (Wildman–Crippen MR) is 53.4 cm³/mol. The number of aromatic nitrogens is 2. The summed E-state index contributed by atoms with van der Waals surface area (Å²) in [5.74, 6) is -0.741. The highest BCUT2D eigenvalue weighted by molar-refractivity contribution is 5.66. The van der Waals surface area contributed by atoms with Gasteiger partial charge in [-0.15, -0.1) is 0 Å². The highest BCUT2D eigenvalue weighted by atomic mass is 16.5. The first-order chi connectivity index (χ1) is 7.22. The zero-order chi connectivity index (χ0) is 11.1. The number of aliphatic carboxylic acids is 1. The molecular formula is C10H17N2O3+. The van der Waals surface area contributed by atoms with Crippen LogP contribution < -0.4 is 4.57 Å². The van der Waals surface area contributed by atoms with Gasteiger partial charge in [-0.3, -0.25) is 4.79 Å². The van der Waals surface area contributed by atoms with Gasteiger partial charge in [-0.05, 0) is 6.42 Å². The van der Waals surface area contributed by atoms with Gasteiger partial charge < -0.3 is 9.84 Å². The molecule has 0 radical (unpaired) electrons. The summed E-state index contributed by atoms with van der Waals surface area (Å²) in [6, 6.07) is 0. The van der Waals surface area contributed by atoms with Crippen LogP contribution in [0.3, 0.4) is 0 Å². The van der Waals surface area contributed by atoms with Gasteiger partial charge in [0.15, 0.2) is 0 Å². The van der Waals surface area contributed by atoms with E-state index in [-0.39, 0.29) is 6.42 Å². The molecule has 84 valence electrons. The van der Waals surface area contributed by atoms with Gasteiger partial charge in [0.2, 0.25) is 6.33 Å². The molecule has 5 heteroatoms. The topological polar surface area (TPSA) is 55.3 Å². The van der Waals surface area contributed by atoms with Gasteiger partial charge in [0.1, 0.15) is 18.9 Å². The Kier molecular flexibility index (Phi) is 4.83. The minimum Gasteiger partial charge on any atom is -0.481 e. The van der Waals surface area contributed by atoms with Crippen molar-refractivity contribution in [3.8, 4) is 0 Å². The summed E-state index contributed by atoms with van der Waals surface area (Å²) in [6.45, 7) is 2.25. The average Bonchev–Trinajstić information content (AvgIpc) is 2.62. The van der Waals surface area contributed by atoms with Crippen LogP contribution in [-0.2, 0) is 22.6 Å². The third-order valence-corrected chi connectivity index (χ3v) is 2.11. The Morgan fingerprint density at radius 3 is 3.07 bits per heavy atom. The number of carboxylic acid groups (broad SMARTS) is 1. The summed E-state index contributed by atoms with van der Waals surface area (Å²) in [7, 11) is 1.67. The van der Waals surface area contributed by atoms with Crippen LogP contribution in [0.5, 0.6) is 0 Å². The first-order valence-corrected chi connectivity index (χ1v) is 4.98. The van der Waals surface area contributed by atoms with Crippen molar-refractivity contribution < 1.29 is 19.2 Å². The lowest BCUT2D eigenvalue weighted by atomic mass is 10.3. The molecule has 0 unspecified atom stereocenters. The average molecular weight is 213 g/mol. The summed E-state index contributed by atoms with van der Waals surface area (Å²) >= 11 is 0. The maximum atomic E-state index is 10.3. The van der Waals surface area contributed by atoms with Gasteiger partial charge >= 0.3 is 5.97 Å². The van der Waals surface area contributed by atoms with E-state index >= 15 is 0 Å². The highest BCUT2D eigenvalue weighted by Crippen LogP contribution is 1.90. The van der Waals surface area contributed by atoms with Gasteiger partial charge in [0.25, 0.3) is 0 Å². The largest absolute Gasteiger partial charge is 0.481 e. The molecular weight excluding hydrogens is 196 g/mol. The number of hydrogen-bond acceptors (Lipinski definition) is 2. The van der Waals surface area contributed by atoms with Crippen molar-refractivity contribution >= 4 is 5.97 Å². The minimum absolute atomic E-state index is 0.219. The van der Waals surface area contributed by atoms with Crippen LogP contribution in [0, 0.1) is 0 Å². The Hall–Kier alpha value is -1.36. The molecule has 1 heterocycles. The van der Waals surface area contributed by atoms with E-state index in [2.05, 4.69) is 0 Å². The van der Waals surface area contributed by atoms with Crippen LogP contribution >= 0.6 is 0 Å². The molecule has 0 aliphatic rings. The summed E-state index contributed by atoms with van der Waals surface area (Å²) in [5.41, 5.74) is 0. The first-order valence-electron chi connectivity index (χ1n) is 4.98. The van der Waals surface area contributed by atoms with Gasteiger partial charge in [-0.2, -0.15) is 0 Å². The Morgan fingerprint density at radius 2 is 2.40 bits per heavy atom. The lowest BCUT2D eigenvalue weighted by molar-refractivity contribution is -0.696. The van der Waals surface area contributed by atoms with E-state index in [1.54, 1.807) is 7.11 Å². The molecule has 0 aromatic carbocycles. The lowest BCUT2D eigenvalue weighted by Crippen LogP contribution is -2.31. The van der Waals surface area contributed by atoms with Crippen molar-refractivity contribution in [1.82, 2.24) is 4.57 Å². The van der Waals surface area contributed by atoms with Crippen molar-refractivity contribution in [2.45, 2.75) is 25.9 Å². The maximum absolute atomic E-state index is 10.3. The molecule has 1 aromatic heterocycles. The Labute approximate surface area is 88.9 Å². The number of rotatable bonds is 7. The molecule has 0 saturated carbocycles. The molecule has 0 fully saturated rings. The van der Waals surface area contributed by atoms with Gasteiger partial charge in [-0.1, -0.05) is 0 Å². The quantitative estimate of drug-likeness (QED) is 0.662. The maximum Gasteiger partial charge on any atom is 0.303 e. The first kappa shape index (κ1) is 11.7. The predicted octanol–water partition coefficient (Wildman–Crippen LogP) is 0.287. The standard InChI is InChI=1S/C10H16N2O3/c1-15-8-7-12-6-5-11(9-12)4-2-3-10(13)14/h5-6,9H,2-4,7-8H2,1H3/p+1. The van der Waals surface area contributed by atoms with E-state index in [1.807, 2.05) is 27.9 Å². The molecule has 0 aliphatic carbocycles. The molecule has 5 nitrogen and oxygen atoms in total. The SMILES string of the molecule is COCCn1cc[n+](CCCC(=O)O)c1. The number of hydrogen-bond donors (Lipinski definition) is 1. The number of imidazole rings is 1. The third kappa shape index (κ3) is 4.60. The monoisotopic (exact) mass is 213 g/mol. The number of aryl methyl sites for hydroxylation is 1. The molecule has 0 amide bonds. The molecule has 1 rings (SSSR count). The second-order valence-electron chi connectivity index (χ2n) is 3.38. The molecule has 0 atom stereocenters. The fraction of sp³-hybridized carbons (Fsp3) is 0.600. The van der Waals surface area contributed by atoms with Gasteiger partial charge in [0, 0.05) is 13.5 Å². The molecule has 0 spiro atoms. The summed E-state index contributed by atoms with van der Waals surface area (Å²) in [4.78, 5) is 10.3. The molecule has 1 aromatic rings. The smallest absolute Gasteiger partial charge is 0.303 e. The van der Waals surface area contributed by atoms with Gasteiger partial charge in [-0.25, -0.2) is 9.13 Å². The highest BCUT2D eigenvalue weighted by Gasteiger charge is 2.04. The number of nitrogens with zero attached hydrogens (tertiary/aromatic N) is 2. The molecule has 0 bridgehead atoms. The van der Waals surface area contributed by atoms with Crippen LogP contribution in [0.1, 0.15) is 12.8 Å². The number of carbonyl (C=O) groups is 1. The normalized spacial score (nSPS) is 10.5. The van der Waals surface area contributed by atoms with Crippen molar-refractivity contribution in [1.29, 1.82) is 0 Å². The fourth-order valence-corrected chi connectivity index (χ4v) is 1.31. The lowest BCUT2D eigenvalue weighted by Gasteiger charge is -1.95. The van der Waals surface area contributed by atoms with Crippen LogP contribution in [0.2, 0.25) is 0 Å². The molecule has 0 saturated heterocycles. The van der Waals surface area contributed by atoms with Crippen molar-refractivity contribution in [3.05, 3.63) is 18.7 Å². The Morgan fingerprint density at radius 1 is 1.60 bits per heavy atom. The van der Waals surface area contributed by atoms with Crippen molar-refractivity contribution in [3.63, 3.8) is 0 Å². The van der Waals surface area contributed by atoms with E-state index in [1.165, 1.54) is 0 Å². The Balaban J connectivity index is 2.29. The second-order valence-corrected chi connectivity index (χ2v) is 3.38. The van der Waals surface area contributed by atoms with Gasteiger partial charge in [0.05, 0.1) is 13.2 Å². The van der Waals surface area contributed by atoms with E-state index in [4.69, 9.17) is 9.84 Å². The van der Waals surface area contributed by atoms with Crippen LogP contribution in [0.25, 0.3) is 0 Å². The van der Waals surface area contributed by atoms with E-state index in [0.29, 0.717) is 13.0 Å². The summed E-state index contributed by atoms with van der Waals surface area (Å²) < 4.78 is 8.96. The van der Waals surface area contributed by atoms with Crippen molar-refractivity contribution in [2.75, 3.05) is 13.7 Å². The fourth-order valence-electron chi connectivity index (χ4n) is 1.31. The number of ether oxygens (including phenoxy) is 1. The van der Waals surface area contributed by atoms with E-state index in [9.17, 15) is 4.79 Å². The summed E-state index contributed by atoms with van der Waals surface area (Å²) in [5, 5.41) is 8.48. The Bertz CT molecular complexity index is 309. The third-order valence-electron chi connectivity index (χ3n) is 2.11. The summed E-state index contributed by atoms with van der Waals surface area (Å²) in [6.07, 6.45) is 6.74. The zero-order valence-electron chi connectivity index (χ0n) is 8.93. The van der Waals surface area contributed by atoms with Crippen LogP contribution in [0.4, 0.5) is 0 Å². The van der Waals surface area contributed by atoms with E-state index in [0.717, 1.165) is 13.1 Å². The molecule has 15 heavy (non-hydrogen) atoms. The number of carboxylic acids is 1.